The van der Waals surface area contributed by atoms with Crippen LogP contribution in [0.3, 0.4) is 0 Å². The van der Waals surface area contributed by atoms with Crippen molar-refractivity contribution in [2.75, 3.05) is 13.2 Å². The van der Waals surface area contributed by atoms with Crippen LogP contribution >= 0.6 is 0 Å². The van der Waals surface area contributed by atoms with Crippen molar-refractivity contribution in [2.24, 2.45) is 0 Å². The van der Waals surface area contributed by atoms with Gasteiger partial charge in [0.05, 0.1) is 0 Å². The Kier molecular flexibility index (Phi) is 6.30. The first-order chi connectivity index (χ1) is 11.5. The lowest BCUT2D eigenvalue weighted by Crippen LogP contribution is -2.30. The molecule has 1 amide bonds. The maximum absolute atomic E-state index is 12.0. The van der Waals surface area contributed by atoms with Crippen molar-refractivity contribution in [3.05, 3.63) is 53.9 Å². The summed E-state index contributed by atoms with van der Waals surface area (Å²) in [7, 11) is 0. The maximum atomic E-state index is 12.0. The van der Waals surface area contributed by atoms with E-state index in [9.17, 15) is 18.4 Å². The van der Waals surface area contributed by atoms with Gasteiger partial charge in [-0.05, 0) is 36.2 Å². The summed E-state index contributed by atoms with van der Waals surface area (Å²) in [6.07, 6.45) is 2.08. The van der Waals surface area contributed by atoms with Crippen LogP contribution in [0.5, 0.6) is 5.75 Å². The molecule has 0 radical (unpaired) electrons. The largest absolute Gasteiger partial charge is 0.451 e. The number of halogens is 2. The third-order valence-electron chi connectivity index (χ3n) is 3.04. The van der Waals surface area contributed by atoms with Crippen molar-refractivity contribution in [3.63, 3.8) is 0 Å². The number of aromatic nitrogens is 1. The number of hydrogen-bond acceptors (Lipinski definition) is 4. The number of aromatic amines is 1. The van der Waals surface area contributed by atoms with Crippen molar-refractivity contribution in [1.29, 1.82) is 0 Å². The Morgan fingerprint density at radius 3 is 2.54 bits per heavy atom. The summed E-state index contributed by atoms with van der Waals surface area (Å²) in [4.78, 5) is 25.8. The molecule has 0 aliphatic carbocycles. The molecule has 128 valence electrons. The Hall–Kier alpha value is -2.90. The zero-order valence-electron chi connectivity index (χ0n) is 12.6. The molecule has 0 unspecified atom stereocenters. The van der Waals surface area contributed by atoms with Crippen molar-refractivity contribution < 1.29 is 27.8 Å². The van der Waals surface area contributed by atoms with E-state index in [4.69, 9.17) is 4.74 Å². The Balaban J connectivity index is 1.66. The number of carbonyl (C=O) groups excluding carboxylic acids is 2. The minimum Gasteiger partial charge on any atom is -0.451 e. The second-order valence-corrected chi connectivity index (χ2v) is 4.78. The lowest BCUT2D eigenvalue weighted by atomic mass is 10.1. The number of alkyl halides is 2. The maximum Gasteiger partial charge on any atom is 0.387 e. The highest BCUT2D eigenvalue weighted by Gasteiger charge is 2.10. The van der Waals surface area contributed by atoms with E-state index in [0.717, 1.165) is 5.56 Å². The molecular weight excluding hydrogens is 322 g/mol. The average molecular weight is 338 g/mol. The zero-order valence-corrected chi connectivity index (χ0v) is 12.6. The van der Waals surface area contributed by atoms with Crippen LogP contribution in [0.2, 0.25) is 0 Å². The first-order valence-corrected chi connectivity index (χ1v) is 7.15. The first-order valence-electron chi connectivity index (χ1n) is 7.15. The number of rotatable bonds is 8. The molecular formula is C16H16F2N2O4. The van der Waals surface area contributed by atoms with E-state index < -0.39 is 18.5 Å². The monoisotopic (exact) mass is 338 g/mol. The second-order valence-electron chi connectivity index (χ2n) is 4.78. The van der Waals surface area contributed by atoms with Gasteiger partial charge in [0.25, 0.3) is 5.91 Å². The lowest BCUT2D eigenvalue weighted by molar-refractivity contribution is -0.124. The molecule has 0 aliphatic rings. The molecule has 6 nitrogen and oxygen atoms in total. The summed E-state index contributed by atoms with van der Waals surface area (Å²) < 4.78 is 33.1. The van der Waals surface area contributed by atoms with Gasteiger partial charge in [-0.25, -0.2) is 4.79 Å². The molecule has 2 rings (SSSR count). The molecule has 2 N–H and O–H groups in total. The Labute approximate surface area is 136 Å². The van der Waals surface area contributed by atoms with Crippen LogP contribution in [-0.4, -0.2) is 36.6 Å². The van der Waals surface area contributed by atoms with Crippen LogP contribution < -0.4 is 10.1 Å². The number of nitrogens with one attached hydrogen (secondary N) is 2. The molecule has 2 aromatic rings. The fraction of sp³-hybridized carbons (Fsp3) is 0.250. The van der Waals surface area contributed by atoms with Crippen LogP contribution in [-0.2, 0) is 16.0 Å². The van der Waals surface area contributed by atoms with Gasteiger partial charge in [0.1, 0.15) is 11.4 Å². The molecule has 8 heteroatoms. The van der Waals surface area contributed by atoms with E-state index in [1.807, 2.05) is 0 Å². The Bertz CT molecular complexity index is 657. The van der Waals surface area contributed by atoms with Crippen LogP contribution in [0, 0.1) is 0 Å². The highest BCUT2D eigenvalue weighted by atomic mass is 19.3. The number of ether oxygens (including phenoxy) is 2. The fourth-order valence-electron chi connectivity index (χ4n) is 1.90. The Morgan fingerprint density at radius 1 is 1.17 bits per heavy atom. The Morgan fingerprint density at radius 2 is 1.92 bits per heavy atom. The summed E-state index contributed by atoms with van der Waals surface area (Å²) in [5.41, 5.74) is 1.12. The molecule has 0 fully saturated rings. The number of amides is 1. The van der Waals surface area contributed by atoms with Gasteiger partial charge in [0.2, 0.25) is 0 Å². The van der Waals surface area contributed by atoms with Gasteiger partial charge in [-0.15, -0.1) is 0 Å². The van der Waals surface area contributed by atoms with Crippen molar-refractivity contribution >= 4 is 11.9 Å². The number of hydrogen-bond donors (Lipinski definition) is 2. The van der Waals surface area contributed by atoms with Crippen molar-refractivity contribution in [1.82, 2.24) is 10.3 Å². The van der Waals surface area contributed by atoms with Gasteiger partial charge >= 0.3 is 12.6 Å². The highest BCUT2D eigenvalue weighted by Crippen LogP contribution is 2.14. The molecule has 0 saturated carbocycles. The summed E-state index contributed by atoms with van der Waals surface area (Å²) in [6.45, 7) is -2.91. The molecule has 0 bridgehead atoms. The summed E-state index contributed by atoms with van der Waals surface area (Å²) >= 11 is 0. The van der Waals surface area contributed by atoms with Gasteiger partial charge in [-0.3, -0.25) is 4.79 Å². The van der Waals surface area contributed by atoms with Gasteiger partial charge in [-0.1, -0.05) is 12.1 Å². The quantitative estimate of drug-likeness (QED) is 0.723. The summed E-state index contributed by atoms with van der Waals surface area (Å²) in [6, 6.07) is 9.32. The van der Waals surface area contributed by atoms with Gasteiger partial charge in [-0.2, -0.15) is 8.78 Å². The minimum atomic E-state index is -2.86. The third kappa shape index (κ3) is 5.71. The molecule has 1 aromatic carbocycles. The second kappa shape index (κ2) is 8.66. The van der Waals surface area contributed by atoms with E-state index in [1.165, 1.54) is 12.1 Å². The molecule has 0 spiro atoms. The molecule has 1 heterocycles. The van der Waals surface area contributed by atoms with Gasteiger partial charge in [0.15, 0.2) is 6.61 Å². The van der Waals surface area contributed by atoms with Crippen LogP contribution in [0.15, 0.2) is 42.6 Å². The SMILES string of the molecule is O=C(COC(=O)c1ccc[nH]1)NCCc1ccc(OC(F)F)cc1. The van der Waals surface area contributed by atoms with Gasteiger partial charge < -0.3 is 19.8 Å². The number of benzene rings is 1. The van der Waals surface area contributed by atoms with Crippen LogP contribution in [0.1, 0.15) is 16.1 Å². The first kappa shape index (κ1) is 17.5. The van der Waals surface area contributed by atoms with Crippen molar-refractivity contribution in [2.45, 2.75) is 13.0 Å². The van der Waals surface area contributed by atoms with E-state index >= 15 is 0 Å². The fourth-order valence-corrected chi connectivity index (χ4v) is 1.90. The normalized spacial score (nSPS) is 10.5. The number of H-pyrrole nitrogens is 1. The summed E-state index contributed by atoms with van der Waals surface area (Å²) in [5, 5.41) is 2.60. The topological polar surface area (TPSA) is 80.4 Å². The van der Waals surface area contributed by atoms with Crippen LogP contribution in [0.25, 0.3) is 0 Å². The lowest BCUT2D eigenvalue weighted by Gasteiger charge is -2.07. The highest BCUT2D eigenvalue weighted by molar-refractivity contribution is 5.89. The van der Waals surface area contributed by atoms with E-state index in [-0.39, 0.29) is 18.1 Å². The standard InChI is InChI=1S/C16H16F2N2O4/c17-16(18)24-12-5-3-11(4-6-12)7-9-20-14(21)10-23-15(22)13-2-1-8-19-13/h1-6,8,16,19H,7,9-10H2,(H,20,21). The molecule has 24 heavy (non-hydrogen) atoms. The predicted octanol–water partition coefficient (Wildman–Crippen LogP) is 2.13. The minimum absolute atomic E-state index is 0.0778. The smallest absolute Gasteiger partial charge is 0.387 e. The van der Waals surface area contributed by atoms with Gasteiger partial charge in [0, 0.05) is 12.7 Å². The van der Waals surface area contributed by atoms with E-state index in [0.29, 0.717) is 13.0 Å². The molecule has 0 saturated heterocycles. The molecule has 0 aliphatic heterocycles. The summed E-state index contributed by atoms with van der Waals surface area (Å²) in [5.74, 6) is -0.952. The zero-order chi connectivity index (χ0) is 17.4. The molecule has 1 aromatic heterocycles. The van der Waals surface area contributed by atoms with E-state index in [2.05, 4.69) is 15.0 Å². The molecule has 0 atom stereocenters. The number of esters is 1. The average Bonchev–Trinajstić information content (AvgIpc) is 3.08. The van der Waals surface area contributed by atoms with E-state index in [1.54, 1.807) is 30.5 Å². The van der Waals surface area contributed by atoms with Crippen molar-refractivity contribution in [3.8, 4) is 5.75 Å². The third-order valence-corrected chi connectivity index (χ3v) is 3.04. The predicted molar refractivity (Wildman–Crippen MR) is 80.9 cm³/mol. The van der Waals surface area contributed by atoms with Crippen LogP contribution in [0.4, 0.5) is 8.78 Å². The number of carbonyl (C=O) groups is 2.